The Balaban J connectivity index is 1.38. The molecule has 2 N–H and O–H groups in total. The van der Waals surface area contributed by atoms with Gasteiger partial charge in [0.25, 0.3) is 5.91 Å². The van der Waals surface area contributed by atoms with Crippen LogP contribution in [0.15, 0.2) is 54.6 Å². The van der Waals surface area contributed by atoms with Crippen molar-refractivity contribution in [2.24, 2.45) is 0 Å². The zero-order valence-corrected chi connectivity index (χ0v) is 16.1. The van der Waals surface area contributed by atoms with Gasteiger partial charge in [0.2, 0.25) is 0 Å². The molecule has 1 heterocycles. The second kappa shape index (κ2) is 8.34. The third kappa shape index (κ3) is 4.56. The van der Waals surface area contributed by atoms with Gasteiger partial charge in [-0.15, -0.1) is 0 Å². The minimum absolute atomic E-state index is 0.0847. The third-order valence-corrected chi connectivity index (χ3v) is 5.17. The van der Waals surface area contributed by atoms with E-state index in [0.29, 0.717) is 31.7 Å². The lowest BCUT2D eigenvalue weighted by atomic mass is 10.1. The number of piperazine rings is 1. The molecule has 0 unspecified atom stereocenters. The first-order valence-electron chi connectivity index (χ1n) is 9.92. The van der Waals surface area contributed by atoms with Crippen LogP contribution in [-0.2, 0) is 9.59 Å². The fraction of sp³-hybridized carbons (Fsp3) is 0.318. The van der Waals surface area contributed by atoms with Crippen LogP contribution in [0.1, 0.15) is 23.2 Å². The molecule has 1 saturated heterocycles. The van der Waals surface area contributed by atoms with Gasteiger partial charge < -0.3 is 20.4 Å². The van der Waals surface area contributed by atoms with Gasteiger partial charge in [-0.2, -0.15) is 0 Å². The fourth-order valence-corrected chi connectivity index (χ4v) is 3.36. The predicted molar refractivity (Wildman–Crippen MR) is 110 cm³/mol. The van der Waals surface area contributed by atoms with Gasteiger partial charge in [0.1, 0.15) is 0 Å². The van der Waals surface area contributed by atoms with Gasteiger partial charge in [0, 0.05) is 37.9 Å². The number of para-hydroxylation sites is 2. The van der Waals surface area contributed by atoms with Crippen LogP contribution in [0.2, 0.25) is 0 Å². The van der Waals surface area contributed by atoms with Crippen molar-refractivity contribution < 1.29 is 14.4 Å². The van der Waals surface area contributed by atoms with Crippen LogP contribution in [0.3, 0.4) is 0 Å². The number of nitrogens with one attached hydrogen (secondary N) is 2. The fourth-order valence-electron chi connectivity index (χ4n) is 3.36. The summed E-state index contributed by atoms with van der Waals surface area (Å²) in [7, 11) is 0. The van der Waals surface area contributed by atoms with Gasteiger partial charge in [-0.3, -0.25) is 14.4 Å². The molecule has 1 aliphatic carbocycles. The topological polar surface area (TPSA) is 81.8 Å². The van der Waals surface area contributed by atoms with Crippen LogP contribution >= 0.6 is 0 Å². The van der Waals surface area contributed by atoms with E-state index in [0.717, 1.165) is 24.2 Å². The minimum atomic E-state index is -0.537. The zero-order chi connectivity index (χ0) is 20.2. The number of amides is 3. The summed E-state index contributed by atoms with van der Waals surface area (Å²) in [5.74, 6) is -1.13. The Morgan fingerprint density at radius 2 is 1.41 bits per heavy atom. The van der Waals surface area contributed by atoms with Gasteiger partial charge >= 0.3 is 11.8 Å². The third-order valence-electron chi connectivity index (χ3n) is 5.17. The summed E-state index contributed by atoms with van der Waals surface area (Å²) in [6.45, 7) is 1.52. The normalized spacial score (nSPS) is 16.3. The van der Waals surface area contributed by atoms with Crippen molar-refractivity contribution in [1.82, 2.24) is 15.1 Å². The second-order valence-corrected chi connectivity index (χ2v) is 7.37. The molecule has 0 radical (unpaired) electrons. The van der Waals surface area contributed by atoms with Crippen molar-refractivity contribution >= 4 is 29.1 Å². The number of hydrogen-bond donors (Lipinski definition) is 2. The van der Waals surface area contributed by atoms with Crippen molar-refractivity contribution in [2.45, 2.75) is 18.9 Å². The molecule has 0 atom stereocenters. The molecule has 7 nitrogen and oxygen atoms in total. The average molecular weight is 392 g/mol. The Labute approximate surface area is 169 Å². The highest BCUT2D eigenvalue weighted by atomic mass is 16.2. The van der Waals surface area contributed by atoms with Crippen molar-refractivity contribution in [3.63, 3.8) is 0 Å². The number of carbonyl (C=O) groups is 3. The summed E-state index contributed by atoms with van der Waals surface area (Å²) in [4.78, 5) is 40.6. The van der Waals surface area contributed by atoms with Gasteiger partial charge in [0.15, 0.2) is 0 Å². The summed E-state index contributed by atoms with van der Waals surface area (Å²) < 4.78 is 0. The molecule has 4 rings (SSSR count). The number of anilines is 2. The molecule has 2 aromatic carbocycles. The Morgan fingerprint density at radius 1 is 0.793 bits per heavy atom. The van der Waals surface area contributed by atoms with Crippen LogP contribution in [0.4, 0.5) is 11.4 Å². The van der Waals surface area contributed by atoms with Crippen LogP contribution in [-0.4, -0.2) is 59.7 Å². The van der Waals surface area contributed by atoms with Crippen LogP contribution in [0.5, 0.6) is 0 Å². The maximum absolute atomic E-state index is 13.1. The summed E-state index contributed by atoms with van der Waals surface area (Å²) in [6.07, 6.45) is 1.88. The van der Waals surface area contributed by atoms with E-state index in [1.165, 1.54) is 4.90 Å². The molecular weight excluding hydrogens is 368 g/mol. The Morgan fingerprint density at radius 3 is 2.10 bits per heavy atom. The van der Waals surface area contributed by atoms with Gasteiger partial charge in [0.05, 0.1) is 11.3 Å². The quantitative estimate of drug-likeness (QED) is 0.780. The van der Waals surface area contributed by atoms with Crippen LogP contribution in [0, 0.1) is 0 Å². The van der Waals surface area contributed by atoms with Crippen molar-refractivity contribution in [2.75, 3.05) is 31.5 Å². The molecule has 2 fully saturated rings. The van der Waals surface area contributed by atoms with Crippen molar-refractivity contribution in [3.05, 3.63) is 60.2 Å². The number of rotatable bonds is 4. The lowest BCUT2D eigenvalue weighted by Gasteiger charge is -2.34. The first kappa shape index (κ1) is 19.0. The molecule has 0 bridgehead atoms. The lowest BCUT2D eigenvalue weighted by molar-refractivity contribution is -0.146. The minimum Gasteiger partial charge on any atom is -0.355 e. The summed E-state index contributed by atoms with van der Waals surface area (Å²) in [5.41, 5.74) is 2.23. The Bertz CT molecular complexity index is 903. The van der Waals surface area contributed by atoms with Crippen LogP contribution < -0.4 is 10.6 Å². The average Bonchev–Trinajstić information content (AvgIpc) is 3.58. The monoisotopic (exact) mass is 392 g/mol. The molecule has 150 valence electrons. The van der Waals surface area contributed by atoms with Crippen LogP contribution in [0.25, 0.3) is 0 Å². The molecular formula is C22H24N4O3. The highest BCUT2D eigenvalue weighted by Crippen LogP contribution is 2.23. The standard InChI is InChI=1S/C22H24N4O3/c27-20(24-17-10-11-17)22(29)26-14-12-25(13-15-26)21(28)18-8-4-5-9-19(18)23-16-6-2-1-3-7-16/h1-9,17,23H,10-15H2,(H,24,27). The molecule has 29 heavy (non-hydrogen) atoms. The highest BCUT2D eigenvalue weighted by Gasteiger charge is 2.32. The van der Waals surface area contributed by atoms with Gasteiger partial charge in [-0.05, 0) is 37.1 Å². The first-order valence-corrected chi connectivity index (χ1v) is 9.92. The Kier molecular flexibility index (Phi) is 5.46. The summed E-state index contributed by atoms with van der Waals surface area (Å²) in [5, 5.41) is 6.02. The molecule has 3 amide bonds. The largest absolute Gasteiger partial charge is 0.355 e. The van der Waals surface area contributed by atoms with E-state index in [4.69, 9.17) is 0 Å². The highest BCUT2D eigenvalue weighted by molar-refractivity contribution is 6.35. The molecule has 2 aromatic rings. The van der Waals surface area contributed by atoms with E-state index < -0.39 is 11.8 Å². The summed E-state index contributed by atoms with van der Waals surface area (Å²) in [6, 6.07) is 17.2. The van der Waals surface area contributed by atoms with E-state index in [2.05, 4.69) is 10.6 Å². The van der Waals surface area contributed by atoms with Gasteiger partial charge in [-0.1, -0.05) is 30.3 Å². The molecule has 7 heteroatoms. The smallest absolute Gasteiger partial charge is 0.312 e. The zero-order valence-electron chi connectivity index (χ0n) is 16.1. The second-order valence-electron chi connectivity index (χ2n) is 7.37. The van der Waals surface area contributed by atoms with E-state index in [9.17, 15) is 14.4 Å². The molecule has 1 saturated carbocycles. The van der Waals surface area contributed by atoms with Crippen molar-refractivity contribution in [1.29, 1.82) is 0 Å². The Hall–Kier alpha value is -3.35. The lowest BCUT2D eigenvalue weighted by Crippen LogP contribution is -2.54. The van der Waals surface area contributed by atoms with E-state index in [1.54, 1.807) is 11.0 Å². The number of benzene rings is 2. The predicted octanol–water partition coefficient (Wildman–Crippen LogP) is 1.99. The number of hydrogen-bond acceptors (Lipinski definition) is 4. The molecule has 0 aromatic heterocycles. The van der Waals surface area contributed by atoms with Gasteiger partial charge in [-0.25, -0.2) is 0 Å². The first-order chi connectivity index (χ1) is 14.1. The maximum Gasteiger partial charge on any atom is 0.312 e. The molecule has 2 aliphatic rings. The van der Waals surface area contributed by atoms with E-state index >= 15 is 0 Å². The maximum atomic E-state index is 13.1. The number of carbonyl (C=O) groups excluding carboxylic acids is 3. The van der Waals surface area contributed by atoms with E-state index in [1.807, 2.05) is 48.5 Å². The van der Waals surface area contributed by atoms with E-state index in [-0.39, 0.29) is 11.9 Å². The SMILES string of the molecule is O=C(NC1CC1)C(=O)N1CCN(C(=O)c2ccccc2Nc2ccccc2)CC1. The molecule has 0 spiro atoms. The number of nitrogens with zero attached hydrogens (tertiary/aromatic N) is 2. The summed E-state index contributed by atoms with van der Waals surface area (Å²) >= 11 is 0. The van der Waals surface area contributed by atoms with Crippen molar-refractivity contribution in [3.8, 4) is 0 Å². The molecule has 1 aliphatic heterocycles.